The molecule has 0 aromatic heterocycles. The minimum absolute atomic E-state index is 0. The standard InChI is InChI=1S/C7H13N.ClH/c1-5-6-2-3-7(4-6)8-5;/h5-8H,2-4H2,1H3;1H/t5-,6+,7-;/m1./s1. The van der Waals surface area contributed by atoms with Crippen molar-refractivity contribution in [3.05, 3.63) is 0 Å². The molecule has 0 aromatic rings. The summed E-state index contributed by atoms with van der Waals surface area (Å²) >= 11 is 0. The molecule has 1 saturated heterocycles. The van der Waals surface area contributed by atoms with Gasteiger partial charge in [-0.05, 0) is 32.1 Å². The molecule has 1 N–H and O–H groups in total. The van der Waals surface area contributed by atoms with E-state index < -0.39 is 0 Å². The van der Waals surface area contributed by atoms with Gasteiger partial charge in [0.15, 0.2) is 0 Å². The Balaban J connectivity index is 0.000000405. The second kappa shape index (κ2) is 2.47. The van der Waals surface area contributed by atoms with Crippen molar-refractivity contribution in [1.82, 2.24) is 5.32 Å². The molecule has 2 fully saturated rings. The lowest BCUT2D eigenvalue weighted by Gasteiger charge is -2.17. The number of piperidine rings is 1. The Hall–Kier alpha value is 0.250. The van der Waals surface area contributed by atoms with Crippen molar-refractivity contribution >= 4 is 12.4 Å². The van der Waals surface area contributed by atoms with E-state index in [1.165, 1.54) is 19.3 Å². The van der Waals surface area contributed by atoms with E-state index in [9.17, 15) is 0 Å². The first kappa shape index (κ1) is 7.36. The van der Waals surface area contributed by atoms with Crippen LogP contribution in [-0.2, 0) is 0 Å². The van der Waals surface area contributed by atoms with Crippen molar-refractivity contribution in [2.45, 2.75) is 38.3 Å². The molecule has 1 saturated carbocycles. The number of fused-ring (bicyclic) bond motifs is 2. The second-order valence-electron chi connectivity index (χ2n) is 3.23. The predicted molar refractivity (Wildman–Crippen MR) is 41.0 cm³/mol. The van der Waals surface area contributed by atoms with Crippen LogP contribution in [0.3, 0.4) is 0 Å². The molecular weight excluding hydrogens is 134 g/mol. The van der Waals surface area contributed by atoms with Gasteiger partial charge in [-0.25, -0.2) is 0 Å². The molecule has 0 unspecified atom stereocenters. The predicted octanol–water partition coefficient (Wildman–Crippen LogP) is 1.57. The molecule has 0 amide bonds. The average molecular weight is 148 g/mol. The van der Waals surface area contributed by atoms with Gasteiger partial charge in [-0.15, -0.1) is 12.4 Å². The number of rotatable bonds is 0. The first-order chi connectivity index (χ1) is 3.86. The van der Waals surface area contributed by atoms with Gasteiger partial charge in [0.25, 0.3) is 0 Å². The van der Waals surface area contributed by atoms with Crippen molar-refractivity contribution < 1.29 is 0 Å². The zero-order chi connectivity index (χ0) is 5.56. The minimum atomic E-state index is 0. The van der Waals surface area contributed by atoms with Gasteiger partial charge >= 0.3 is 0 Å². The molecule has 2 bridgehead atoms. The van der Waals surface area contributed by atoms with Crippen LogP contribution in [0, 0.1) is 5.92 Å². The lowest BCUT2D eigenvalue weighted by molar-refractivity contribution is 0.405. The summed E-state index contributed by atoms with van der Waals surface area (Å²) in [7, 11) is 0. The highest BCUT2D eigenvalue weighted by Crippen LogP contribution is 2.34. The number of hydrogen-bond acceptors (Lipinski definition) is 1. The van der Waals surface area contributed by atoms with E-state index in [0.717, 1.165) is 18.0 Å². The Morgan fingerprint density at radius 2 is 2.11 bits per heavy atom. The van der Waals surface area contributed by atoms with E-state index in [0.29, 0.717) is 0 Å². The third kappa shape index (κ3) is 1.08. The van der Waals surface area contributed by atoms with Crippen molar-refractivity contribution in [2.24, 2.45) is 5.92 Å². The molecule has 2 aliphatic rings. The first-order valence-electron chi connectivity index (χ1n) is 3.62. The summed E-state index contributed by atoms with van der Waals surface area (Å²) in [5.41, 5.74) is 0. The molecule has 9 heavy (non-hydrogen) atoms. The highest BCUT2D eigenvalue weighted by atomic mass is 35.5. The van der Waals surface area contributed by atoms with E-state index in [-0.39, 0.29) is 12.4 Å². The summed E-state index contributed by atoms with van der Waals surface area (Å²) in [6, 6.07) is 1.73. The van der Waals surface area contributed by atoms with Crippen LogP contribution >= 0.6 is 12.4 Å². The molecule has 1 aliphatic carbocycles. The molecule has 0 radical (unpaired) electrons. The minimum Gasteiger partial charge on any atom is -0.311 e. The molecule has 0 spiro atoms. The van der Waals surface area contributed by atoms with Crippen LogP contribution < -0.4 is 5.32 Å². The largest absolute Gasteiger partial charge is 0.311 e. The SMILES string of the molecule is C[C@H]1N[C@@H]2CC[C@H]1C2.Cl. The molecule has 1 heterocycles. The van der Waals surface area contributed by atoms with E-state index in [1.54, 1.807) is 0 Å². The Bertz CT molecular complexity index is 103. The maximum Gasteiger partial charge on any atom is 0.00729 e. The Morgan fingerprint density at radius 1 is 1.33 bits per heavy atom. The second-order valence-corrected chi connectivity index (χ2v) is 3.23. The molecule has 0 aromatic carbocycles. The van der Waals surface area contributed by atoms with Crippen LogP contribution in [0.5, 0.6) is 0 Å². The zero-order valence-corrected chi connectivity index (χ0v) is 6.58. The van der Waals surface area contributed by atoms with Crippen molar-refractivity contribution in [1.29, 1.82) is 0 Å². The van der Waals surface area contributed by atoms with E-state index >= 15 is 0 Å². The number of nitrogens with one attached hydrogen (secondary N) is 1. The molecule has 1 nitrogen and oxygen atoms in total. The summed E-state index contributed by atoms with van der Waals surface area (Å²) in [5.74, 6) is 1.03. The fourth-order valence-corrected chi connectivity index (χ4v) is 2.13. The maximum atomic E-state index is 3.55. The fourth-order valence-electron chi connectivity index (χ4n) is 2.13. The molecule has 2 rings (SSSR count). The average Bonchev–Trinajstić information content (AvgIpc) is 2.23. The van der Waals surface area contributed by atoms with E-state index in [4.69, 9.17) is 0 Å². The first-order valence-corrected chi connectivity index (χ1v) is 3.62. The monoisotopic (exact) mass is 147 g/mol. The van der Waals surface area contributed by atoms with E-state index in [2.05, 4.69) is 12.2 Å². The van der Waals surface area contributed by atoms with Crippen molar-refractivity contribution in [2.75, 3.05) is 0 Å². The van der Waals surface area contributed by atoms with Crippen LogP contribution in [0.4, 0.5) is 0 Å². The van der Waals surface area contributed by atoms with Gasteiger partial charge in [-0.2, -0.15) is 0 Å². The molecular formula is C7H14ClN. The van der Waals surface area contributed by atoms with Gasteiger partial charge in [-0.1, -0.05) is 0 Å². The van der Waals surface area contributed by atoms with Crippen LogP contribution in [0.2, 0.25) is 0 Å². The fraction of sp³-hybridized carbons (Fsp3) is 1.00. The van der Waals surface area contributed by atoms with Crippen molar-refractivity contribution in [3.8, 4) is 0 Å². The summed E-state index contributed by atoms with van der Waals surface area (Å²) in [6.07, 6.45) is 4.38. The summed E-state index contributed by atoms with van der Waals surface area (Å²) in [5, 5.41) is 3.55. The van der Waals surface area contributed by atoms with Gasteiger partial charge in [-0.3, -0.25) is 0 Å². The van der Waals surface area contributed by atoms with Gasteiger partial charge in [0.2, 0.25) is 0 Å². The third-order valence-corrected chi connectivity index (χ3v) is 2.68. The van der Waals surface area contributed by atoms with Crippen LogP contribution in [0.1, 0.15) is 26.2 Å². The van der Waals surface area contributed by atoms with Gasteiger partial charge < -0.3 is 5.32 Å². The van der Waals surface area contributed by atoms with Crippen LogP contribution in [0.25, 0.3) is 0 Å². The quantitative estimate of drug-likeness (QED) is 0.549. The number of hydrogen-bond donors (Lipinski definition) is 1. The Labute approximate surface area is 62.6 Å². The van der Waals surface area contributed by atoms with E-state index in [1.807, 2.05) is 0 Å². The summed E-state index contributed by atoms with van der Waals surface area (Å²) < 4.78 is 0. The van der Waals surface area contributed by atoms with Gasteiger partial charge in [0, 0.05) is 12.1 Å². The topological polar surface area (TPSA) is 12.0 Å². The molecule has 2 heteroatoms. The molecule has 3 atom stereocenters. The number of halogens is 1. The lowest BCUT2D eigenvalue weighted by atomic mass is 10.0. The Kier molecular flexibility index (Phi) is 2.02. The van der Waals surface area contributed by atoms with Gasteiger partial charge in [0.1, 0.15) is 0 Å². The third-order valence-electron chi connectivity index (χ3n) is 2.68. The maximum absolute atomic E-state index is 3.55. The van der Waals surface area contributed by atoms with Crippen LogP contribution in [0.15, 0.2) is 0 Å². The summed E-state index contributed by atoms with van der Waals surface area (Å²) in [6.45, 7) is 2.31. The smallest absolute Gasteiger partial charge is 0.00729 e. The normalized spacial score (nSPS) is 47.0. The van der Waals surface area contributed by atoms with Crippen LogP contribution in [-0.4, -0.2) is 12.1 Å². The van der Waals surface area contributed by atoms with Crippen molar-refractivity contribution in [3.63, 3.8) is 0 Å². The Morgan fingerprint density at radius 3 is 2.33 bits per heavy atom. The van der Waals surface area contributed by atoms with Gasteiger partial charge in [0.05, 0.1) is 0 Å². The molecule has 54 valence electrons. The summed E-state index contributed by atoms with van der Waals surface area (Å²) in [4.78, 5) is 0. The molecule has 1 aliphatic heterocycles. The highest BCUT2D eigenvalue weighted by molar-refractivity contribution is 5.85. The lowest BCUT2D eigenvalue weighted by Crippen LogP contribution is -2.32. The zero-order valence-electron chi connectivity index (χ0n) is 5.76. The highest BCUT2D eigenvalue weighted by Gasteiger charge is 2.35.